The Hall–Kier alpha value is -1.53. The second kappa shape index (κ2) is 11.4. The first-order valence-electron chi connectivity index (χ1n) is 11.6. The van der Waals surface area contributed by atoms with Gasteiger partial charge in [-0.25, -0.2) is 0 Å². The second-order valence-electron chi connectivity index (χ2n) is 8.95. The number of likely N-dealkylation sites (N-methyl/N-ethyl adjacent to an activating group) is 1. The number of nitriles is 1. The maximum absolute atomic E-state index is 10.5. The maximum atomic E-state index is 10.5. The second-order valence-corrected chi connectivity index (χ2v) is 9.76. The summed E-state index contributed by atoms with van der Waals surface area (Å²) in [7, 11) is 0. The summed E-state index contributed by atoms with van der Waals surface area (Å²) in [6.45, 7) is 6.59. The minimum atomic E-state index is -0.488. The normalized spacial score (nSPS) is 17.4. The molecule has 0 radical (unpaired) electrons. The number of hydrogen-bond acceptors (Lipinski definition) is 2. The van der Waals surface area contributed by atoms with Crippen LogP contribution in [0.15, 0.2) is 48.5 Å². The van der Waals surface area contributed by atoms with Crippen LogP contribution in [0.4, 0.5) is 0 Å². The molecular formula is C27H34Cl2N2. The highest BCUT2D eigenvalue weighted by atomic mass is 35.5. The molecule has 1 aliphatic carbocycles. The molecule has 1 aliphatic rings. The van der Waals surface area contributed by atoms with Crippen LogP contribution in [0.3, 0.4) is 0 Å². The van der Waals surface area contributed by atoms with Crippen molar-refractivity contribution in [3.8, 4) is 6.07 Å². The summed E-state index contributed by atoms with van der Waals surface area (Å²) < 4.78 is 0. The van der Waals surface area contributed by atoms with E-state index in [1.165, 1.54) is 18.4 Å². The lowest BCUT2D eigenvalue weighted by atomic mass is 9.67. The monoisotopic (exact) mass is 456 g/mol. The smallest absolute Gasteiger partial charge is 0.0851 e. The lowest BCUT2D eigenvalue weighted by Crippen LogP contribution is -2.38. The lowest BCUT2D eigenvalue weighted by Gasteiger charge is -2.36. The van der Waals surface area contributed by atoms with Crippen molar-refractivity contribution < 1.29 is 0 Å². The fraction of sp³-hybridized carbons (Fsp3) is 0.519. The van der Waals surface area contributed by atoms with Crippen LogP contribution in [0, 0.1) is 17.2 Å². The molecule has 0 heterocycles. The predicted octanol–water partition coefficient (Wildman–Crippen LogP) is 7.68. The Morgan fingerprint density at radius 1 is 1.10 bits per heavy atom. The first-order chi connectivity index (χ1) is 15.0. The highest BCUT2D eigenvalue weighted by Crippen LogP contribution is 2.46. The third kappa shape index (κ3) is 5.83. The predicted molar refractivity (Wildman–Crippen MR) is 132 cm³/mol. The molecule has 2 unspecified atom stereocenters. The van der Waals surface area contributed by atoms with Gasteiger partial charge in [-0.1, -0.05) is 79.4 Å². The van der Waals surface area contributed by atoms with E-state index in [9.17, 15) is 5.26 Å². The van der Waals surface area contributed by atoms with Gasteiger partial charge >= 0.3 is 0 Å². The van der Waals surface area contributed by atoms with Crippen molar-refractivity contribution in [1.29, 1.82) is 5.26 Å². The van der Waals surface area contributed by atoms with Crippen molar-refractivity contribution >= 4 is 23.2 Å². The van der Waals surface area contributed by atoms with E-state index >= 15 is 0 Å². The Bertz CT molecular complexity index is 871. The maximum Gasteiger partial charge on any atom is 0.0851 e. The van der Waals surface area contributed by atoms with Crippen LogP contribution in [0.5, 0.6) is 0 Å². The molecule has 1 saturated carbocycles. The molecule has 0 aromatic heterocycles. The van der Waals surface area contributed by atoms with Crippen LogP contribution in [-0.4, -0.2) is 24.0 Å². The van der Waals surface area contributed by atoms with Gasteiger partial charge < -0.3 is 4.90 Å². The van der Waals surface area contributed by atoms with Crippen molar-refractivity contribution in [3.05, 3.63) is 69.7 Å². The zero-order chi connectivity index (χ0) is 22.3. The van der Waals surface area contributed by atoms with Crippen LogP contribution >= 0.6 is 23.2 Å². The summed E-state index contributed by atoms with van der Waals surface area (Å²) >= 11 is 12.6. The molecular weight excluding hydrogens is 423 g/mol. The summed E-state index contributed by atoms with van der Waals surface area (Å²) in [5.74, 6) is 0.390. The Kier molecular flexibility index (Phi) is 8.85. The van der Waals surface area contributed by atoms with Crippen LogP contribution in [0.25, 0.3) is 0 Å². The average molecular weight is 457 g/mol. The van der Waals surface area contributed by atoms with Crippen molar-refractivity contribution in [2.45, 2.75) is 70.3 Å². The van der Waals surface area contributed by atoms with Gasteiger partial charge in [-0.3, -0.25) is 0 Å². The summed E-state index contributed by atoms with van der Waals surface area (Å²) in [5.41, 5.74) is 1.93. The third-order valence-electron chi connectivity index (χ3n) is 7.20. The first-order valence-corrected chi connectivity index (χ1v) is 12.4. The third-order valence-corrected chi connectivity index (χ3v) is 7.94. The largest absolute Gasteiger partial charge is 0.301 e. The zero-order valence-corrected chi connectivity index (χ0v) is 20.3. The van der Waals surface area contributed by atoms with Crippen LogP contribution in [0.1, 0.15) is 63.5 Å². The van der Waals surface area contributed by atoms with E-state index in [1.807, 2.05) is 18.2 Å². The molecule has 2 atom stereocenters. The van der Waals surface area contributed by atoms with Crippen molar-refractivity contribution in [2.75, 3.05) is 13.1 Å². The van der Waals surface area contributed by atoms with Crippen molar-refractivity contribution in [2.24, 2.45) is 5.92 Å². The van der Waals surface area contributed by atoms with Gasteiger partial charge in [0.25, 0.3) is 0 Å². The summed E-state index contributed by atoms with van der Waals surface area (Å²) in [6, 6.07) is 19.7. The summed E-state index contributed by atoms with van der Waals surface area (Å²) in [4.78, 5) is 2.54. The summed E-state index contributed by atoms with van der Waals surface area (Å²) in [6.07, 6.45) is 7.56. The fourth-order valence-corrected chi connectivity index (χ4v) is 5.51. The minimum absolute atomic E-state index is 0.390. The van der Waals surface area contributed by atoms with Gasteiger partial charge in [0.15, 0.2) is 0 Å². The Morgan fingerprint density at radius 3 is 2.42 bits per heavy atom. The Morgan fingerprint density at radius 2 is 1.81 bits per heavy atom. The highest BCUT2D eigenvalue weighted by Gasteiger charge is 2.42. The molecule has 0 N–H and O–H groups in total. The summed E-state index contributed by atoms with van der Waals surface area (Å²) in [5, 5.41) is 11.6. The van der Waals surface area contributed by atoms with Crippen LogP contribution in [-0.2, 0) is 11.8 Å². The molecule has 3 rings (SSSR count). The van der Waals surface area contributed by atoms with E-state index in [0.29, 0.717) is 22.0 Å². The first kappa shape index (κ1) is 24.1. The quantitative estimate of drug-likeness (QED) is 0.366. The number of nitrogens with zero attached hydrogens (tertiary/aromatic N) is 2. The molecule has 0 saturated heterocycles. The molecule has 31 heavy (non-hydrogen) atoms. The van der Waals surface area contributed by atoms with E-state index in [0.717, 1.165) is 50.8 Å². The molecule has 2 aromatic carbocycles. The fourth-order valence-electron chi connectivity index (χ4n) is 5.21. The number of rotatable bonds is 10. The van der Waals surface area contributed by atoms with Gasteiger partial charge in [0.1, 0.15) is 0 Å². The lowest BCUT2D eigenvalue weighted by molar-refractivity contribution is 0.192. The van der Waals surface area contributed by atoms with Crippen molar-refractivity contribution in [1.82, 2.24) is 4.90 Å². The van der Waals surface area contributed by atoms with Gasteiger partial charge in [-0.15, -0.1) is 0 Å². The molecule has 2 nitrogen and oxygen atoms in total. The minimum Gasteiger partial charge on any atom is -0.301 e. The Balaban J connectivity index is 1.74. The van der Waals surface area contributed by atoms with Crippen LogP contribution < -0.4 is 0 Å². The molecule has 166 valence electrons. The van der Waals surface area contributed by atoms with Crippen molar-refractivity contribution in [3.63, 3.8) is 0 Å². The molecule has 4 heteroatoms. The SMILES string of the molecule is CCN(CCc1ccccc1)C(C)CCC(C#N)(c1ccc(Cl)c(Cl)c1)C1CCCC1. The molecule has 0 aliphatic heterocycles. The number of halogens is 2. The van der Waals surface area contributed by atoms with E-state index in [1.54, 1.807) is 0 Å². The number of hydrogen-bond donors (Lipinski definition) is 0. The zero-order valence-electron chi connectivity index (χ0n) is 18.8. The highest BCUT2D eigenvalue weighted by molar-refractivity contribution is 6.42. The van der Waals surface area contributed by atoms with E-state index < -0.39 is 5.41 Å². The van der Waals surface area contributed by atoms with E-state index in [2.05, 4.69) is 55.1 Å². The van der Waals surface area contributed by atoms with Gasteiger partial charge in [0, 0.05) is 12.6 Å². The molecule has 0 amide bonds. The average Bonchev–Trinajstić information content (AvgIpc) is 3.33. The van der Waals surface area contributed by atoms with Gasteiger partial charge in [-0.05, 0) is 74.8 Å². The Labute approximate surface area is 198 Å². The molecule has 0 spiro atoms. The van der Waals surface area contributed by atoms with Crippen LogP contribution in [0.2, 0.25) is 10.0 Å². The molecule has 1 fully saturated rings. The number of benzene rings is 2. The standard InChI is InChI=1S/C27H34Cl2N2/c1-3-31(18-16-22-9-5-4-6-10-22)21(2)15-17-27(20-30,23-11-7-8-12-23)24-13-14-25(28)26(29)19-24/h4-6,9-10,13-14,19,21,23H,3,7-8,11-12,15-18H2,1-2H3. The molecule has 2 aromatic rings. The van der Waals surface area contributed by atoms with Gasteiger partial charge in [0.2, 0.25) is 0 Å². The topological polar surface area (TPSA) is 27.0 Å². The van der Waals surface area contributed by atoms with Gasteiger partial charge in [-0.2, -0.15) is 5.26 Å². The van der Waals surface area contributed by atoms with E-state index in [4.69, 9.17) is 23.2 Å². The molecule has 0 bridgehead atoms. The van der Waals surface area contributed by atoms with E-state index in [-0.39, 0.29) is 0 Å². The van der Waals surface area contributed by atoms with Gasteiger partial charge in [0.05, 0.1) is 21.5 Å².